The van der Waals surface area contributed by atoms with Crippen molar-refractivity contribution in [2.75, 3.05) is 53.7 Å². The Morgan fingerprint density at radius 2 is 1.67 bits per heavy atom. The van der Waals surface area contributed by atoms with Crippen molar-refractivity contribution < 1.29 is 19.0 Å². The Bertz CT molecular complexity index is 156. The van der Waals surface area contributed by atoms with Gasteiger partial charge in [-0.1, -0.05) is 0 Å². The van der Waals surface area contributed by atoms with Gasteiger partial charge in [0.15, 0.2) is 0 Å². The van der Waals surface area contributed by atoms with Crippen LogP contribution in [0.1, 0.15) is 6.92 Å². The molecule has 0 N–H and O–H groups in total. The molecule has 0 aromatic heterocycles. The fourth-order valence-electron chi connectivity index (χ4n) is 1.10. The van der Waals surface area contributed by atoms with Crippen LogP contribution in [0.5, 0.6) is 0 Å². The van der Waals surface area contributed by atoms with E-state index in [-0.39, 0.29) is 5.97 Å². The Hall–Kier alpha value is -0.650. The van der Waals surface area contributed by atoms with E-state index in [9.17, 15) is 4.79 Å². The first-order valence-electron chi connectivity index (χ1n) is 5.10. The van der Waals surface area contributed by atoms with Crippen molar-refractivity contribution in [3.05, 3.63) is 0 Å². The molecular weight excluding hydrogens is 198 g/mol. The summed E-state index contributed by atoms with van der Waals surface area (Å²) in [5.74, 6) is -0.204. The Kier molecular flexibility index (Phi) is 9.46. The van der Waals surface area contributed by atoms with Gasteiger partial charge in [-0.2, -0.15) is 0 Å². The lowest BCUT2D eigenvalue weighted by Gasteiger charge is -2.20. The molecule has 0 saturated heterocycles. The predicted molar refractivity (Wildman–Crippen MR) is 56.8 cm³/mol. The molecule has 0 aliphatic rings. The summed E-state index contributed by atoms with van der Waals surface area (Å²) >= 11 is 0. The van der Waals surface area contributed by atoms with Crippen molar-refractivity contribution in [2.45, 2.75) is 6.92 Å². The number of rotatable bonds is 9. The van der Waals surface area contributed by atoms with E-state index in [4.69, 9.17) is 14.2 Å². The van der Waals surface area contributed by atoms with Gasteiger partial charge in [-0.05, 0) is 6.92 Å². The highest BCUT2D eigenvalue weighted by molar-refractivity contribution is 5.71. The van der Waals surface area contributed by atoms with Gasteiger partial charge in [0.2, 0.25) is 0 Å². The molecule has 0 atom stereocenters. The van der Waals surface area contributed by atoms with Crippen LogP contribution in [0, 0.1) is 0 Å². The summed E-state index contributed by atoms with van der Waals surface area (Å²) < 4.78 is 14.8. The van der Waals surface area contributed by atoms with E-state index in [0.717, 1.165) is 0 Å². The minimum atomic E-state index is -0.204. The average Bonchev–Trinajstić information content (AvgIpc) is 2.22. The molecule has 0 saturated carbocycles. The maximum Gasteiger partial charge on any atom is 0.320 e. The second kappa shape index (κ2) is 9.89. The monoisotopic (exact) mass is 219 g/mol. The number of nitrogens with zero attached hydrogens (tertiary/aromatic N) is 1. The molecule has 0 aliphatic carbocycles. The van der Waals surface area contributed by atoms with Crippen molar-refractivity contribution in [3.8, 4) is 0 Å². The molecule has 5 heteroatoms. The maximum atomic E-state index is 11.2. The van der Waals surface area contributed by atoms with E-state index < -0.39 is 0 Å². The number of hydrogen-bond acceptors (Lipinski definition) is 5. The third-order valence-corrected chi connectivity index (χ3v) is 1.88. The van der Waals surface area contributed by atoms with Gasteiger partial charge in [0.25, 0.3) is 0 Å². The first-order valence-corrected chi connectivity index (χ1v) is 5.10. The summed E-state index contributed by atoms with van der Waals surface area (Å²) in [5, 5.41) is 0. The van der Waals surface area contributed by atoms with E-state index in [1.54, 1.807) is 21.1 Å². The summed E-state index contributed by atoms with van der Waals surface area (Å²) in [6.07, 6.45) is 0. The van der Waals surface area contributed by atoms with Crippen LogP contribution in [0.15, 0.2) is 0 Å². The van der Waals surface area contributed by atoms with E-state index in [1.807, 2.05) is 4.90 Å². The van der Waals surface area contributed by atoms with Crippen molar-refractivity contribution >= 4 is 5.97 Å². The van der Waals surface area contributed by atoms with Crippen LogP contribution in [-0.2, 0) is 19.0 Å². The predicted octanol–water partition coefficient (Wildman–Crippen LogP) is 0.144. The van der Waals surface area contributed by atoms with Gasteiger partial charge in [0.1, 0.15) is 0 Å². The van der Waals surface area contributed by atoms with Crippen molar-refractivity contribution in [1.82, 2.24) is 4.90 Å². The van der Waals surface area contributed by atoms with E-state index in [1.165, 1.54) is 0 Å². The molecule has 15 heavy (non-hydrogen) atoms. The van der Waals surface area contributed by atoms with E-state index >= 15 is 0 Å². The van der Waals surface area contributed by atoms with Crippen LogP contribution in [0.25, 0.3) is 0 Å². The highest BCUT2D eigenvalue weighted by atomic mass is 16.5. The molecule has 0 spiro atoms. The lowest BCUT2D eigenvalue weighted by Crippen LogP contribution is -2.36. The zero-order valence-electron chi connectivity index (χ0n) is 9.82. The molecule has 0 heterocycles. The van der Waals surface area contributed by atoms with Gasteiger partial charge < -0.3 is 14.2 Å². The van der Waals surface area contributed by atoms with Crippen LogP contribution in [0.2, 0.25) is 0 Å². The second-order valence-electron chi connectivity index (χ2n) is 3.07. The van der Waals surface area contributed by atoms with E-state index in [2.05, 4.69) is 0 Å². The number of esters is 1. The largest absolute Gasteiger partial charge is 0.465 e. The summed E-state index contributed by atoms with van der Waals surface area (Å²) in [7, 11) is 3.28. The highest BCUT2D eigenvalue weighted by Crippen LogP contribution is 1.91. The molecule has 0 rings (SSSR count). The SMILES string of the molecule is CCOC(=O)CN(CCOC)CCOC. The third kappa shape index (κ3) is 8.35. The van der Waals surface area contributed by atoms with Gasteiger partial charge in [-0.15, -0.1) is 0 Å². The van der Waals surface area contributed by atoms with Gasteiger partial charge >= 0.3 is 5.97 Å². The molecule has 5 nitrogen and oxygen atoms in total. The summed E-state index contributed by atoms with van der Waals surface area (Å²) in [5.41, 5.74) is 0. The van der Waals surface area contributed by atoms with Crippen molar-refractivity contribution in [3.63, 3.8) is 0 Å². The van der Waals surface area contributed by atoms with Crippen LogP contribution >= 0.6 is 0 Å². The summed E-state index contributed by atoms with van der Waals surface area (Å²) in [6.45, 7) is 5.12. The molecule has 0 fully saturated rings. The van der Waals surface area contributed by atoms with Crippen molar-refractivity contribution in [1.29, 1.82) is 0 Å². The fraction of sp³-hybridized carbons (Fsp3) is 0.900. The summed E-state index contributed by atoms with van der Waals surface area (Å²) in [6, 6.07) is 0. The topological polar surface area (TPSA) is 48.0 Å². The maximum absolute atomic E-state index is 11.2. The minimum Gasteiger partial charge on any atom is -0.465 e. The smallest absolute Gasteiger partial charge is 0.320 e. The Labute approximate surface area is 91.3 Å². The number of hydrogen-bond donors (Lipinski definition) is 0. The molecule has 0 bridgehead atoms. The third-order valence-electron chi connectivity index (χ3n) is 1.88. The summed E-state index contributed by atoms with van der Waals surface area (Å²) in [4.78, 5) is 13.2. The quantitative estimate of drug-likeness (QED) is 0.516. The molecule has 0 amide bonds. The lowest BCUT2D eigenvalue weighted by molar-refractivity contribution is -0.144. The number of carbonyl (C=O) groups is 1. The van der Waals surface area contributed by atoms with Gasteiger partial charge in [-0.3, -0.25) is 9.69 Å². The standard InChI is InChI=1S/C10H21NO4/c1-4-15-10(12)9-11(5-7-13-2)6-8-14-3/h4-9H2,1-3H3. The average molecular weight is 219 g/mol. The molecular formula is C10H21NO4. The number of ether oxygens (including phenoxy) is 3. The molecule has 0 aromatic carbocycles. The molecule has 0 unspecified atom stereocenters. The molecule has 0 aliphatic heterocycles. The van der Waals surface area contributed by atoms with Crippen LogP contribution in [-0.4, -0.2) is 64.5 Å². The zero-order valence-corrected chi connectivity index (χ0v) is 9.82. The van der Waals surface area contributed by atoms with Gasteiger partial charge in [0.05, 0.1) is 26.4 Å². The Morgan fingerprint density at radius 3 is 2.07 bits per heavy atom. The van der Waals surface area contributed by atoms with Gasteiger partial charge in [-0.25, -0.2) is 0 Å². The number of carbonyl (C=O) groups excluding carboxylic acids is 1. The highest BCUT2D eigenvalue weighted by Gasteiger charge is 2.10. The zero-order chi connectivity index (χ0) is 11.5. The lowest BCUT2D eigenvalue weighted by atomic mass is 10.4. The Balaban J connectivity index is 3.82. The minimum absolute atomic E-state index is 0.204. The molecule has 90 valence electrons. The fourth-order valence-corrected chi connectivity index (χ4v) is 1.10. The second-order valence-corrected chi connectivity index (χ2v) is 3.07. The van der Waals surface area contributed by atoms with Crippen molar-refractivity contribution in [2.24, 2.45) is 0 Å². The van der Waals surface area contributed by atoms with Crippen LogP contribution < -0.4 is 0 Å². The van der Waals surface area contributed by atoms with Crippen LogP contribution in [0.4, 0.5) is 0 Å². The first kappa shape index (κ1) is 14.3. The first-order chi connectivity index (χ1) is 7.24. The van der Waals surface area contributed by atoms with Crippen LogP contribution in [0.3, 0.4) is 0 Å². The molecule has 0 radical (unpaired) electrons. The Morgan fingerprint density at radius 1 is 1.13 bits per heavy atom. The molecule has 0 aromatic rings. The normalized spacial score (nSPS) is 10.7. The number of methoxy groups -OCH3 is 2. The van der Waals surface area contributed by atoms with E-state index in [0.29, 0.717) is 39.5 Å². The van der Waals surface area contributed by atoms with Gasteiger partial charge in [0, 0.05) is 27.3 Å².